The largest absolute Gasteiger partial charge is 0.396 e. The van der Waals surface area contributed by atoms with Gasteiger partial charge in [0.15, 0.2) is 0 Å². The van der Waals surface area contributed by atoms with Gasteiger partial charge in [-0.1, -0.05) is 6.07 Å². The molecule has 5 heteroatoms. The fraction of sp³-hybridized carbons (Fsp3) is 0.538. The van der Waals surface area contributed by atoms with E-state index in [9.17, 15) is 10.1 Å². The molecule has 1 fully saturated rings. The van der Waals surface area contributed by atoms with Crippen molar-refractivity contribution in [3.63, 3.8) is 0 Å². The van der Waals surface area contributed by atoms with E-state index in [-0.39, 0.29) is 17.2 Å². The summed E-state index contributed by atoms with van der Waals surface area (Å²) < 4.78 is 0. The predicted octanol–water partition coefficient (Wildman–Crippen LogP) is 2.34. The molecule has 1 aromatic rings. The lowest BCUT2D eigenvalue weighted by Crippen LogP contribution is -2.41. The second kappa shape index (κ2) is 5.82. The fourth-order valence-corrected chi connectivity index (χ4v) is 2.25. The first-order valence-corrected chi connectivity index (χ1v) is 6.34. The van der Waals surface area contributed by atoms with Gasteiger partial charge < -0.3 is 10.0 Å². The molecule has 0 heterocycles. The Hall–Kier alpha value is -1.62. The Labute approximate surface area is 106 Å². The van der Waals surface area contributed by atoms with E-state index >= 15 is 0 Å². The Bertz CT molecular complexity index is 418. The summed E-state index contributed by atoms with van der Waals surface area (Å²) in [7, 11) is 0. The van der Waals surface area contributed by atoms with Crippen molar-refractivity contribution in [3.8, 4) is 0 Å². The van der Waals surface area contributed by atoms with Crippen molar-refractivity contribution in [2.45, 2.75) is 31.7 Å². The van der Waals surface area contributed by atoms with E-state index in [0.717, 1.165) is 25.1 Å². The van der Waals surface area contributed by atoms with Crippen LogP contribution in [0.5, 0.6) is 0 Å². The van der Waals surface area contributed by atoms with Gasteiger partial charge in [0.1, 0.15) is 0 Å². The normalized spacial score (nSPS) is 15.2. The molecule has 0 spiro atoms. The molecule has 1 aliphatic rings. The van der Waals surface area contributed by atoms with E-state index in [4.69, 9.17) is 5.11 Å². The van der Waals surface area contributed by atoms with Crippen LogP contribution in [0, 0.1) is 10.1 Å². The van der Waals surface area contributed by atoms with Gasteiger partial charge in [-0.25, -0.2) is 0 Å². The van der Waals surface area contributed by atoms with E-state index in [1.165, 1.54) is 12.5 Å². The van der Waals surface area contributed by atoms with Crippen LogP contribution in [0.3, 0.4) is 0 Å². The maximum Gasteiger partial charge on any atom is 0.271 e. The summed E-state index contributed by atoms with van der Waals surface area (Å²) in [5.74, 6) is 0. The Morgan fingerprint density at radius 2 is 2.22 bits per heavy atom. The molecule has 0 bridgehead atoms. The lowest BCUT2D eigenvalue weighted by Gasteiger charge is -2.39. The summed E-state index contributed by atoms with van der Waals surface area (Å²) in [6, 6.07) is 7.23. The lowest BCUT2D eigenvalue weighted by molar-refractivity contribution is -0.384. The summed E-state index contributed by atoms with van der Waals surface area (Å²) >= 11 is 0. The van der Waals surface area contributed by atoms with Gasteiger partial charge in [-0.3, -0.25) is 10.1 Å². The zero-order valence-corrected chi connectivity index (χ0v) is 10.3. The van der Waals surface area contributed by atoms with Gasteiger partial charge in [0.2, 0.25) is 0 Å². The summed E-state index contributed by atoms with van der Waals surface area (Å²) in [5.41, 5.74) is 1.02. The summed E-state index contributed by atoms with van der Waals surface area (Å²) in [5, 5.41) is 19.7. The number of aliphatic hydroxyl groups excluding tert-OH is 1. The number of benzene rings is 1. The van der Waals surface area contributed by atoms with Crippen LogP contribution in [0.1, 0.15) is 25.7 Å². The molecule has 2 rings (SSSR count). The standard InChI is InChI=1S/C13H18N2O3/c16-9-3-8-14(11-4-1-5-11)12-6-2-7-13(10-12)15(17)18/h2,6-7,10-11,16H,1,3-5,8-9H2. The van der Waals surface area contributed by atoms with Crippen LogP contribution in [0.2, 0.25) is 0 Å². The van der Waals surface area contributed by atoms with Gasteiger partial charge in [-0.2, -0.15) is 0 Å². The topological polar surface area (TPSA) is 66.6 Å². The summed E-state index contributed by atoms with van der Waals surface area (Å²) in [4.78, 5) is 12.6. The number of nitro groups is 1. The molecule has 0 saturated heterocycles. The minimum Gasteiger partial charge on any atom is -0.396 e. The van der Waals surface area contributed by atoms with Crippen molar-refractivity contribution in [1.29, 1.82) is 0 Å². The number of nitro benzene ring substituents is 1. The molecule has 0 radical (unpaired) electrons. The first-order valence-electron chi connectivity index (χ1n) is 6.34. The van der Waals surface area contributed by atoms with Crippen LogP contribution in [0.15, 0.2) is 24.3 Å². The molecule has 18 heavy (non-hydrogen) atoms. The minimum atomic E-state index is -0.367. The number of non-ortho nitro benzene ring substituents is 1. The first kappa shape index (κ1) is 12.8. The first-order chi connectivity index (χ1) is 8.72. The van der Waals surface area contributed by atoms with Gasteiger partial charge in [-0.05, 0) is 31.7 Å². The van der Waals surface area contributed by atoms with Crippen molar-refractivity contribution in [3.05, 3.63) is 34.4 Å². The molecule has 5 nitrogen and oxygen atoms in total. The van der Waals surface area contributed by atoms with Crippen LogP contribution >= 0.6 is 0 Å². The Balaban J connectivity index is 2.17. The molecule has 0 amide bonds. The number of nitrogens with zero attached hydrogens (tertiary/aromatic N) is 2. The molecule has 0 aliphatic heterocycles. The molecule has 98 valence electrons. The summed E-state index contributed by atoms with van der Waals surface area (Å²) in [6.45, 7) is 0.903. The number of hydrogen-bond acceptors (Lipinski definition) is 4. The zero-order valence-electron chi connectivity index (χ0n) is 10.3. The minimum absolute atomic E-state index is 0.126. The molecule has 0 unspecified atom stereocenters. The van der Waals surface area contributed by atoms with E-state index in [0.29, 0.717) is 12.5 Å². The monoisotopic (exact) mass is 250 g/mol. The Kier molecular flexibility index (Phi) is 4.15. The number of rotatable bonds is 6. The predicted molar refractivity (Wildman–Crippen MR) is 69.8 cm³/mol. The van der Waals surface area contributed by atoms with Crippen LogP contribution < -0.4 is 4.90 Å². The van der Waals surface area contributed by atoms with E-state index < -0.39 is 0 Å². The van der Waals surface area contributed by atoms with Crippen LogP contribution in [-0.2, 0) is 0 Å². The van der Waals surface area contributed by atoms with Crippen molar-refractivity contribution >= 4 is 11.4 Å². The molecule has 0 aromatic heterocycles. The number of anilines is 1. The smallest absolute Gasteiger partial charge is 0.271 e. The van der Waals surface area contributed by atoms with E-state index in [2.05, 4.69) is 4.90 Å². The summed E-state index contributed by atoms with van der Waals surface area (Å²) in [6.07, 6.45) is 4.18. The van der Waals surface area contributed by atoms with Crippen molar-refractivity contribution in [1.82, 2.24) is 0 Å². The number of hydrogen-bond donors (Lipinski definition) is 1. The van der Waals surface area contributed by atoms with Crippen LogP contribution in [-0.4, -0.2) is 29.2 Å². The van der Waals surface area contributed by atoms with Gasteiger partial charge in [-0.15, -0.1) is 0 Å². The third-order valence-corrected chi connectivity index (χ3v) is 3.44. The zero-order chi connectivity index (χ0) is 13.0. The van der Waals surface area contributed by atoms with Gasteiger partial charge in [0, 0.05) is 37.0 Å². The van der Waals surface area contributed by atoms with E-state index in [1.807, 2.05) is 6.07 Å². The number of aliphatic hydroxyl groups is 1. The van der Waals surface area contributed by atoms with Gasteiger partial charge >= 0.3 is 0 Å². The van der Waals surface area contributed by atoms with Gasteiger partial charge in [0.05, 0.1) is 4.92 Å². The molecule has 1 N–H and O–H groups in total. The second-order valence-electron chi connectivity index (χ2n) is 4.63. The highest BCUT2D eigenvalue weighted by molar-refractivity contribution is 5.54. The van der Waals surface area contributed by atoms with Crippen molar-refractivity contribution < 1.29 is 10.0 Å². The van der Waals surface area contributed by atoms with Crippen molar-refractivity contribution in [2.24, 2.45) is 0 Å². The molecular weight excluding hydrogens is 232 g/mol. The van der Waals surface area contributed by atoms with Crippen LogP contribution in [0.25, 0.3) is 0 Å². The molecule has 1 aromatic carbocycles. The highest BCUT2D eigenvalue weighted by atomic mass is 16.6. The molecule has 0 atom stereocenters. The second-order valence-corrected chi connectivity index (χ2v) is 4.63. The Morgan fingerprint density at radius 3 is 2.78 bits per heavy atom. The van der Waals surface area contributed by atoms with Crippen LogP contribution in [0.4, 0.5) is 11.4 Å². The lowest BCUT2D eigenvalue weighted by atomic mass is 9.91. The van der Waals surface area contributed by atoms with Gasteiger partial charge in [0.25, 0.3) is 5.69 Å². The quantitative estimate of drug-likeness (QED) is 0.621. The average molecular weight is 250 g/mol. The maximum atomic E-state index is 10.8. The Morgan fingerprint density at radius 1 is 1.44 bits per heavy atom. The maximum absolute atomic E-state index is 10.8. The average Bonchev–Trinajstić information content (AvgIpc) is 2.32. The fourth-order valence-electron chi connectivity index (χ4n) is 2.25. The highest BCUT2D eigenvalue weighted by Crippen LogP contribution is 2.31. The van der Waals surface area contributed by atoms with E-state index in [1.54, 1.807) is 12.1 Å². The molecule has 1 saturated carbocycles. The molecule has 1 aliphatic carbocycles. The highest BCUT2D eigenvalue weighted by Gasteiger charge is 2.25. The third kappa shape index (κ3) is 2.79. The van der Waals surface area contributed by atoms with Crippen molar-refractivity contribution in [2.75, 3.05) is 18.1 Å². The third-order valence-electron chi connectivity index (χ3n) is 3.44. The molecular formula is C13H18N2O3. The SMILES string of the molecule is O=[N+]([O-])c1cccc(N(CCCO)C2CCC2)c1.